The molecule has 2 aromatic heterocycles. The third-order valence-electron chi connectivity index (χ3n) is 6.76. The standard InChI is InChI=1S/C27H30N4O6S2/c1-18-16-28-24(19(2)26(18)36-4)17-38(32)27-29-23-15-21(35-3)7-10-25(23)31(27)39(33,34)22-8-5-20(6-9-22)30-11-13-37-14-12-30/h5-10,15-16H,11-14,17H2,1-4H3. The number of morpholine rings is 1. The van der Waals surface area contributed by atoms with Crippen molar-refractivity contribution in [3.8, 4) is 11.5 Å². The molecule has 0 spiro atoms. The zero-order chi connectivity index (χ0) is 27.7. The van der Waals surface area contributed by atoms with E-state index in [1.807, 2.05) is 13.8 Å². The molecule has 206 valence electrons. The van der Waals surface area contributed by atoms with Crippen molar-refractivity contribution >= 4 is 37.5 Å². The molecule has 1 saturated heterocycles. The molecular formula is C27H30N4O6S2. The number of nitrogens with zero attached hydrogens (tertiary/aromatic N) is 4. The van der Waals surface area contributed by atoms with Crippen molar-refractivity contribution in [1.29, 1.82) is 0 Å². The van der Waals surface area contributed by atoms with Crippen LogP contribution in [-0.2, 0) is 31.3 Å². The predicted octanol–water partition coefficient (Wildman–Crippen LogP) is 3.45. The van der Waals surface area contributed by atoms with Gasteiger partial charge in [-0.05, 0) is 50.2 Å². The first-order valence-electron chi connectivity index (χ1n) is 12.4. The summed E-state index contributed by atoms with van der Waals surface area (Å²) in [6.07, 6.45) is 1.65. The van der Waals surface area contributed by atoms with Gasteiger partial charge in [0.1, 0.15) is 11.5 Å². The van der Waals surface area contributed by atoms with Crippen LogP contribution >= 0.6 is 0 Å². The van der Waals surface area contributed by atoms with Crippen LogP contribution in [0.5, 0.6) is 11.5 Å². The summed E-state index contributed by atoms with van der Waals surface area (Å²) in [5.41, 5.74) is 3.72. The Morgan fingerprint density at radius 3 is 2.41 bits per heavy atom. The maximum Gasteiger partial charge on any atom is 0.270 e. The second-order valence-corrected chi connectivity index (χ2v) is 12.3. The Bertz CT molecular complexity index is 1650. The molecule has 0 bridgehead atoms. The Morgan fingerprint density at radius 1 is 1.03 bits per heavy atom. The van der Waals surface area contributed by atoms with E-state index in [4.69, 9.17) is 14.2 Å². The number of anilines is 1. The predicted molar refractivity (Wildman–Crippen MR) is 149 cm³/mol. The van der Waals surface area contributed by atoms with Crippen LogP contribution in [-0.4, -0.2) is 67.1 Å². The normalized spacial score (nSPS) is 14.9. The second kappa shape index (κ2) is 10.9. The van der Waals surface area contributed by atoms with Crippen molar-refractivity contribution in [2.75, 3.05) is 45.4 Å². The van der Waals surface area contributed by atoms with Crippen LogP contribution in [0.15, 0.2) is 58.7 Å². The first-order valence-corrected chi connectivity index (χ1v) is 15.1. The molecule has 5 rings (SSSR count). The maximum absolute atomic E-state index is 14.0. The van der Waals surface area contributed by atoms with Crippen LogP contribution in [0.25, 0.3) is 11.0 Å². The van der Waals surface area contributed by atoms with Gasteiger partial charge in [0.2, 0.25) is 5.16 Å². The molecule has 0 amide bonds. The monoisotopic (exact) mass is 570 g/mol. The molecule has 1 atom stereocenters. The highest BCUT2D eigenvalue weighted by Crippen LogP contribution is 2.31. The zero-order valence-corrected chi connectivity index (χ0v) is 23.8. The molecule has 10 nitrogen and oxygen atoms in total. The van der Waals surface area contributed by atoms with Gasteiger partial charge in [-0.2, -0.15) is 0 Å². The van der Waals surface area contributed by atoms with Crippen LogP contribution in [0.3, 0.4) is 0 Å². The molecular weight excluding hydrogens is 540 g/mol. The third kappa shape index (κ3) is 5.11. The van der Waals surface area contributed by atoms with Gasteiger partial charge in [-0.15, -0.1) is 0 Å². The molecule has 39 heavy (non-hydrogen) atoms. The van der Waals surface area contributed by atoms with Crippen molar-refractivity contribution in [2.45, 2.75) is 29.7 Å². The van der Waals surface area contributed by atoms with Crippen LogP contribution in [0.2, 0.25) is 0 Å². The summed E-state index contributed by atoms with van der Waals surface area (Å²) in [5.74, 6) is 1.13. The molecule has 1 aliphatic heterocycles. The summed E-state index contributed by atoms with van der Waals surface area (Å²) in [5, 5.41) is -0.0868. The topological polar surface area (TPSA) is 113 Å². The Morgan fingerprint density at radius 2 is 1.74 bits per heavy atom. The number of fused-ring (bicyclic) bond motifs is 1. The summed E-state index contributed by atoms with van der Waals surface area (Å²) in [6.45, 7) is 6.44. The highest BCUT2D eigenvalue weighted by atomic mass is 32.2. The minimum Gasteiger partial charge on any atom is -0.497 e. The number of methoxy groups -OCH3 is 2. The van der Waals surface area contributed by atoms with Crippen molar-refractivity contribution in [3.05, 3.63) is 65.5 Å². The van der Waals surface area contributed by atoms with Crippen LogP contribution in [0.4, 0.5) is 5.69 Å². The molecule has 4 aromatic rings. The van der Waals surface area contributed by atoms with Crippen molar-refractivity contribution in [1.82, 2.24) is 13.9 Å². The lowest BCUT2D eigenvalue weighted by Crippen LogP contribution is -2.36. The van der Waals surface area contributed by atoms with Gasteiger partial charge in [0.25, 0.3) is 10.0 Å². The summed E-state index contributed by atoms with van der Waals surface area (Å²) >= 11 is 0. The Balaban J connectivity index is 1.58. The van der Waals surface area contributed by atoms with Crippen LogP contribution < -0.4 is 14.4 Å². The highest BCUT2D eigenvalue weighted by molar-refractivity contribution is 7.91. The van der Waals surface area contributed by atoms with E-state index in [9.17, 15) is 12.6 Å². The largest absolute Gasteiger partial charge is 0.497 e. The van der Waals surface area contributed by atoms with E-state index in [2.05, 4.69) is 14.9 Å². The first kappa shape index (κ1) is 27.1. The van der Waals surface area contributed by atoms with Gasteiger partial charge >= 0.3 is 0 Å². The van der Waals surface area contributed by atoms with Gasteiger partial charge in [0, 0.05) is 42.2 Å². The van der Waals surface area contributed by atoms with Gasteiger partial charge in [-0.3, -0.25) is 9.19 Å². The Labute approximate surface area is 230 Å². The number of aryl methyl sites for hydroxylation is 1. The molecule has 12 heteroatoms. The average molecular weight is 571 g/mol. The molecule has 0 radical (unpaired) electrons. The number of pyridine rings is 1. The minimum atomic E-state index is -4.15. The fraction of sp³-hybridized carbons (Fsp3) is 0.333. The molecule has 0 saturated carbocycles. The molecule has 1 fully saturated rings. The highest BCUT2D eigenvalue weighted by Gasteiger charge is 2.29. The summed E-state index contributed by atoms with van der Waals surface area (Å²) in [6, 6.07) is 11.6. The molecule has 0 aliphatic carbocycles. The summed E-state index contributed by atoms with van der Waals surface area (Å²) in [7, 11) is -2.92. The van der Waals surface area contributed by atoms with Gasteiger partial charge in [0.05, 0.1) is 65.6 Å². The number of hydrogen-bond acceptors (Lipinski definition) is 9. The number of imidazole rings is 1. The van der Waals surface area contributed by atoms with Crippen molar-refractivity contribution in [3.63, 3.8) is 0 Å². The molecule has 2 aromatic carbocycles. The smallest absolute Gasteiger partial charge is 0.270 e. The van der Waals surface area contributed by atoms with Gasteiger partial charge < -0.3 is 19.1 Å². The third-order valence-corrected chi connectivity index (χ3v) is 9.81. The lowest BCUT2D eigenvalue weighted by Gasteiger charge is -2.28. The van der Waals surface area contributed by atoms with Crippen molar-refractivity contribution in [2.24, 2.45) is 0 Å². The molecule has 0 N–H and O–H groups in total. The van der Waals surface area contributed by atoms with Gasteiger partial charge in [-0.1, -0.05) is 0 Å². The average Bonchev–Trinajstić information content (AvgIpc) is 3.35. The van der Waals surface area contributed by atoms with E-state index in [-0.39, 0.29) is 15.8 Å². The molecule has 1 unspecified atom stereocenters. The maximum atomic E-state index is 14.0. The van der Waals surface area contributed by atoms with E-state index >= 15 is 0 Å². The number of aromatic nitrogens is 3. The zero-order valence-electron chi connectivity index (χ0n) is 22.2. The van der Waals surface area contributed by atoms with Crippen LogP contribution in [0, 0.1) is 13.8 Å². The van der Waals surface area contributed by atoms with Crippen molar-refractivity contribution < 1.29 is 26.8 Å². The lowest BCUT2D eigenvalue weighted by molar-refractivity contribution is 0.122. The molecule has 1 aliphatic rings. The van der Waals surface area contributed by atoms with Gasteiger partial charge in [-0.25, -0.2) is 17.4 Å². The lowest BCUT2D eigenvalue weighted by atomic mass is 10.1. The van der Waals surface area contributed by atoms with Gasteiger partial charge in [0.15, 0.2) is 0 Å². The number of rotatable bonds is 8. The Hall–Kier alpha value is -3.48. The first-order chi connectivity index (χ1) is 18.7. The second-order valence-electron chi connectivity index (χ2n) is 9.15. The fourth-order valence-corrected chi connectivity index (χ4v) is 7.73. The summed E-state index contributed by atoms with van der Waals surface area (Å²) < 4.78 is 59.1. The van der Waals surface area contributed by atoms with E-state index in [1.165, 1.54) is 7.11 Å². The van der Waals surface area contributed by atoms with E-state index in [1.54, 1.807) is 55.8 Å². The van der Waals surface area contributed by atoms with E-state index in [0.29, 0.717) is 41.4 Å². The Kier molecular flexibility index (Phi) is 7.61. The number of hydrogen-bond donors (Lipinski definition) is 0. The minimum absolute atomic E-state index is 0.0333. The summed E-state index contributed by atoms with van der Waals surface area (Å²) in [4.78, 5) is 11.2. The SMILES string of the molecule is COc1ccc2c(c1)nc(S(=O)Cc1ncc(C)c(OC)c1C)n2S(=O)(=O)c1ccc(N2CCOCC2)cc1. The van der Waals surface area contributed by atoms with E-state index in [0.717, 1.165) is 33.9 Å². The van der Waals surface area contributed by atoms with Crippen LogP contribution in [0.1, 0.15) is 16.8 Å². The molecule has 3 heterocycles. The quantitative estimate of drug-likeness (QED) is 0.314. The fourth-order valence-electron chi connectivity index (χ4n) is 4.68. The number of ether oxygens (including phenoxy) is 3. The van der Waals surface area contributed by atoms with E-state index < -0.39 is 20.8 Å². The number of benzene rings is 2.